The fourth-order valence-electron chi connectivity index (χ4n) is 5.73. The average Bonchev–Trinajstić information content (AvgIpc) is 3.58. The highest BCUT2D eigenvalue weighted by atomic mass is 32.2. The van der Waals surface area contributed by atoms with Gasteiger partial charge in [-0.15, -0.1) is 0 Å². The van der Waals surface area contributed by atoms with Gasteiger partial charge in [0.05, 0.1) is 11.7 Å². The number of carbonyl (C=O) groups excluding carboxylic acids is 2. The molecule has 2 aliphatic rings. The van der Waals surface area contributed by atoms with Crippen LogP contribution in [-0.2, 0) is 31.4 Å². The molecule has 0 saturated carbocycles. The Balaban J connectivity index is 1.45. The van der Waals surface area contributed by atoms with Gasteiger partial charge in [-0.1, -0.05) is 24.3 Å². The van der Waals surface area contributed by atoms with Crippen LogP contribution in [0.5, 0.6) is 0 Å². The molecule has 1 aliphatic carbocycles. The highest BCUT2D eigenvalue weighted by molar-refractivity contribution is 7.91. The largest absolute Gasteiger partial charge is 0.355 e. The Bertz CT molecular complexity index is 1550. The molecule has 2 aromatic heterocycles. The normalized spacial score (nSPS) is 21.7. The minimum Gasteiger partial charge on any atom is -0.355 e. The van der Waals surface area contributed by atoms with Crippen LogP contribution in [0, 0.1) is 6.92 Å². The minimum atomic E-state index is -3.57. The average molecular weight is 554 g/mol. The summed E-state index contributed by atoms with van der Waals surface area (Å²) in [5.74, 6) is -0.834. The van der Waals surface area contributed by atoms with Gasteiger partial charge in [-0.3, -0.25) is 9.59 Å². The predicted molar refractivity (Wildman–Crippen MR) is 148 cm³/mol. The second kappa shape index (κ2) is 9.91. The Hall–Kier alpha value is -3.51. The van der Waals surface area contributed by atoms with E-state index in [1.807, 2.05) is 50.4 Å². The number of sulfone groups is 1. The van der Waals surface area contributed by atoms with Gasteiger partial charge < -0.3 is 20.9 Å². The Morgan fingerprint density at radius 3 is 2.74 bits per heavy atom. The summed E-state index contributed by atoms with van der Waals surface area (Å²) < 4.78 is 25.3. The van der Waals surface area contributed by atoms with Crippen molar-refractivity contribution in [3.63, 3.8) is 0 Å². The van der Waals surface area contributed by atoms with Gasteiger partial charge in [0.15, 0.2) is 15.5 Å². The summed E-state index contributed by atoms with van der Waals surface area (Å²) >= 11 is 0. The summed E-state index contributed by atoms with van der Waals surface area (Å²) in [5.41, 5.74) is 8.68. The third kappa shape index (κ3) is 5.10. The van der Waals surface area contributed by atoms with Crippen LogP contribution < -0.4 is 16.0 Å². The number of nitrogens with two attached hydrogens (primary N) is 1. The molecule has 39 heavy (non-hydrogen) atoms. The summed E-state index contributed by atoms with van der Waals surface area (Å²) in [6.07, 6.45) is 4.78. The highest BCUT2D eigenvalue weighted by Crippen LogP contribution is 2.39. The van der Waals surface area contributed by atoms with Crippen molar-refractivity contribution in [2.75, 3.05) is 37.0 Å². The second-order valence-electron chi connectivity index (χ2n) is 10.9. The van der Waals surface area contributed by atoms with Crippen molar-refractivity contribution in [1.29, 1.82) is 0 Å². The van der Waals surface area contributed by atoms with E-state index in [0.717, 1.165) is 42.7 Å². The fourth-order valence-corrected chi connectivity index (χ4v) is 6.28. The Labute approximate surface area is 228 Å². The van der Waals surface area contributed by atoms with Crippen molar-refractivity contribution in [3.05, 3.63) is 58.9 Å². The van der Waals surface area contributed by atoms with Gasteiger partial charge in [0, 0.05) is 50.3 Å². The van der Waals surface area contributed by atoms with E-state index in [1.165, 1.54) is 0 Å². The van der Waals surface area contributed by atoms with Gasteiger partial charge in [0.1, 0.15) is 17.1 Å². The number of aromatic nitrogens is 3. The second-order valence-corrected chi connectivity index (χ2v) is 13.0. The molecular formula is C27H35N7O4S. The number of likely N-dealkylation sites (N-methyl/N-ethyl adjacent to an activating group) is 1. The summed E-state index contributed by atoms with van der Waals surface area (Å²) in [5, 5.41) is 7.52. The lowest BCUT2D eigenvalue weighted by Gasteiger charge is -2.36. The molecule has 11 nitrogen and oxygen atoms in total. The van der Waals surface area contributed by atoms with E-state index in [2.05, 4.69) is 10.2 Å². The van der Waals surface area contributed by atoms with Crippen molar-refractivity contribution in [1.82, 2.24) is 24.8 Å². The number of hydrogen-bond donors (Lipinski definition) is 2. The van der Waals surface area contributed by atoms with Gasteiger partial charge >= 0.3 is 0 Å². The van der Waals surface area contributed by atoms with E-state index >= 15 is 0 Å². The molecule has 3 N–H and O–H groups in total. The van der Waals surface area contributed by atoms with Gasteiger partial charge in [0.2, 0.25) is 5.91 Å². The number of hydrogen-bond acceptors (Lipinski definition) is 8. The van der Waals surface area contributed by atoms with Crippen molar-refractivity contribution < 1.29 is 18.0 Å². The zero-order chi connectivity index (χ0) is 28.1. The highest BCUT2D eigenvalue weighted by Gasteiger charge is 2.49. The lowest BCUT2D eigenvalue weighted by atomic mass is 9.89. The molecule has 0 spiro atoms. The Morgan fingerprint density at radius 2 is 2.05 bits per heavy atom. The van der Waals surface area contributed by atoms with Crippen molar-refractivity contribution >= 4 is 33.1 Å². The van der Waals surface area contributed by atoms with E-state index in [-0.39, 0.29) is 11.9 Å². The first-order valence-corrected chi connectivity index (χ1v) is 15.2. The number of amides is 2. The van der Waals surface area contributed by atoms with E-state index in [9.17, 15) is 18.0 Å². The van der Waals surface area contributed by atoms with Crippen LogP contribution in [0.4, 0.5) is 5.82 Å². The third-order valence-corrected chi connectivity index (χ3v) is 8.62. The van der Waals surface area contributed by atoms with Crippen LogP contribution in [0.15, 0.2) is 36.5 Å². The number of anilines is 1. The van der Waals surface area contributed by atoms with E-state index in [1.54, 1.807) is 16.5 Å². The number of carbonyl (C=O) groups is 2. The fraction of sp³-hybridized carbons (Fsp3) is 0.481. The lowest BCUT2D eigenvalue weighted by Crippen LogP contribution is -2.56. The molecule has 1 saturated heterocycles. The molecule has 0 radical (unpaired) electrons. The van der Waals surface area contributed by atoms with Crippen LogP contribution in [0.3, 0.4) is 0 Å². The SMILES string of the molecule is Cc1cn2nc([C@H](C)N(C)C(=O)C3(NC(=O)CS(C)(=O)=O)CCc4ccccc43)cc2nc1N1CC[C@H](N)C1. The van der Waals surface area contributed by atoms with E-state index in [4.69, 9.17) is 15.8 Å². The number of fused-ring (bicyclic) bond motifs is 2. The molecule has 1 unspecified atom stereocenters. The molecule has 208 valence electrons. The van der Waals surface area contributed by atoms with Crippen LogP contribution in [-0.4, -0.2) is 77.9 Å². The molecule has 3 heterocycles. The van der Waals surface area contributed by atoms with Gasteiger partial charge in [-0.05, 0) is 44.2 Å². The number of aryl methyl sites for hydroxylation is 2. The van der Waals surface area contributed by atoms with Gasteiger partial charge in [-0.25, -0.2) is 17.9 Å². The molecule has 1 fully saturated rings. The zero-order valence-electron chi connectivity index (χ0n) is 22.7. The van der Waals surface area contributed by atoms with Crippen LogP contribution in [0.25, 0.3) is 5.65 Å². The summed E-state index contributed by atoms with van der Waals surface area (Å²) in [4.78, 5) is 35.6. The quantitative estimate of drug-likeness (QED) is 0.443. The number of nitrogens with zero attached hydrogens (tertiary/aromatic N) is 5. The van der Waals surface area contributed by atoms with Gasteiger partial charge in [-0.2, -0.15) is 5.10 Å². The standard InChI is InChI=1S/C27H35N7O4S/c1-17-14-34-23(29-25(17)33-12-10-20(28)15-33)13-22(31-34)18(2)32(3)26(36)27(30-24(35)16-39(4,37)38)11-9-19-7-5-6-8-21(19)27/h5-8,13-14,18,20H,9-12,15-16,28H2,1-4H3,(H,30,35)/t18-,20-,27?/m0/s1. The van der Waals surface area contributed by atoms with Crippen LogP contribution >= 0.6 is 0 Å². The lowest BCUT2D eigenvalue weighted by molar-refractivity contribution is -0.142. The van der Waals surface area contributed by atoms with Crippen LogP contribution in [0.2, 0.25) is 0 Å². The number of rotatable bonds is 7. The summed E-state index contributed by atoms with van der Waals surface area (Å²) in [7, 11) is -1.89. The smallest absolute Gasteiger partial charge is 0.253 e. The van der Waals surface area contributed by atoms with Crippen LogP contribution in [0.1, 0.15) is 48.2 Å². The first-order chi connectivity index (χ1) is 18.4. The first kappa shape index (κ1) is 27.1. The maximum absolute atomic E-state index is 14.2. The van der Waals surface area contributed by atoms with E-state index in [0.29, 0.717) is 29.7 Å². The molecular weight excluding hydrogens is 518 g/mol. The zero-order valence-corrected chi connectivity index (χ0v) is 23.5. The minimum absolute atomic E-state index is 0.133. The molecule has 1 aliphatic heterocycles. The Kier molecular flexibility index (Phi) is 6.88. The predicted octanol–water partition coefficient (Wildman–Crippen LogP) is 1.10. The Morgan fingerprint density at radius 1 is 1.31 bits per heavy atom. The molecule has 0 bridgehead atoms. The van der Waals surface area contributed by atoms with E-state index < -0.39 is 33.1 Å². The molecule has 12 heteroatoms. The number of benzene rings is 1. The number of nitrogens with one attached hydrogen (secondary N) is 1. The van der Waals surface area contributed by atoms with Crippen molar-refractivity contribution in [2.24, 2.45) is 5.73 Å². The monoisotopic (exact) mass is 553 g/mol. The first-order valence-electron chi connectivity index (χ1n) is 13.1. The summed E-state index contributed by atoms with van der Waals surface area (Å²) in [6.45, 7) is 5.48. The molecule has 3 aromatic rings. The maximum atomic E-state index is 14.2. The molecule has 2 amide bonds. The van der Waals surface area contributed by atoms with Crippen molar-refractivity contribution in [3.8, 4) is 0 Å². The molecule has 5 rings (SSSR count). The molecule has 1 aromatic carbocycles. The third-order valence-electron chi connectivity index (χ3n) is 7.84. The summed E-state index contributed by atoms with van der Waals surface area (Å²) in [6, 6.07) is 9.01. The van der Waals surface area contributed by atoms with Crippen molar-refractivity contribution in [2.45, 2.75) is 50.7 Å². The maximum Gasteiger partial charge on any atom is 0.253 e. The molecule has 3 atom stereocenters. The van der Waals surface area contributed by atoms with Gasteiger partial charge in [0.25, 0.3) is 5.91 Å². The topological polar surface area (TPSA) is 143 Å².